The molecule has 1 aromatic carbocycles. The molecule has 2 atom stereocenters. The minimum Gasteiger partial charge on any atom is -0.347 e. The second-order valence-corrected chi connectivity index (χ2v) is 6.56. The van der Waals surface area contributed by atoms with Crippen LogP contribution in [0.1, 0.15) is 24.8 Å². The average Bonchev–Trinajstić information content (AvgIpc) is 3.24. The summed E-state index contributed by atoms with van der Waals surface area (Å²) in [6, 6.07) is 8.12. The van der Waals surface area contributed by atoms with Gasteiger partial charge in [0.05, 0.1) is 6.54 Å². The van der Waals surface area contributed by atoms with E-state index < -0.39 is 0 Å². The summed E-state index contributed by atoms with van der Waals surface area (Å²) in [6.07, 6.45) is 0.882. The van der Waals surface area contributed by atoms with Crippen LogP contribution in [0.5, 0.6) is 0 Å². The number of benzene rings is 1. The molecule has 0 spiro atoms. The predicted octanol–water partition coefficient (Wildman–Crippen LogP) is 2.49. The highest BCUT2D eigenvalue weighted by atomic mass is 79.9. The molecule has 5 heteroatoms. The van der Waals surface area contributed by atoms with Crippen LogP contribution in [0.4, 0.5) is 0 Å². The number of halogens is 1. The lowest BCUT2D eigenvalue weighted by Crippen LogP contribution is -2.41. The highest BCUT2D eigenvalue weighted by Crippen LogP contribution is 2.48. The molecule has 0 aliphatic heterocycles. The molecule has 0 heterocycles. The largest absolute Gasteiger partial charge is 0.347 e. The lowest BCUT2D eigenvalue weighted by molar-refractivity contribution is -0.139. The van der Waals surface area contributed by atoms with Crippen LogP contribution < -0.4 is 0 Å². The van der Waals surface area contributed by atoms with E-state index in [0.29, 0.717) is 12.5 Å². The van der Waals surface area contributed by atoms with Crippen molar-refractivity contribution in [2.24, 2.45) is 5.92 Å². The Morgan fingerprint density at radius 3 is 2.38 bits per heavy atom. The van der Waals surface area contributed by atoms with Gasteiger partial charge in [0.1, 0.15) is 0 Å². The summed E-state index contributed by atoms with van der Waals surface area (Å²) < 4.78 is 1.04. The van der Waals surface area contributed by atoms with Crippen LogP contribution in [0.2, 0.25) is 0 Å². The zero-order valence-corrected chi connectivity index (χ0v) is 14.3. The number of hydrogen-bond donors (Lipinski definition) is 0. The van der Waals surface area contributed by atoms with Crippen LogP contribution >= 0.6 is 15.9 Å². The van der Waals surface area contributed by atoms with E-state index in [1.165, 1.54) is 10.5 Å². The maximum Gasteiger partial charge on any atom is 0.241 e. The highest BCUT2D eigenvalue weighted by Gasteiger charge is 2.45. The van der Waals surface area contributed by atoms with Gasteiger partial charge in [0.15, 0.2) is 0 Å². The van der Waals surface area contributed by atoms with Crippen molar-refractivity contribution in [3.8, 4) is 0 Å². The molecule has 114 valence electrons. The Morgan fingerprint density at radius 1 is 1.24 bits per heavy atom. The van der Waals surface area contributed by atoms with E-state index in [2.05, 4.69) is 28.1 Å². The standard InChI is InChI=1S/C16H21BrN2O2/c1-4-19(10-15(20)18(2)3)16(21)14-9-13(14)11-5-7-12(17)8-6-11/h5-8,13-14H,4,9-10H2,1-3H3/t13-,14-/m1/s1. The number of hydrogen-bond acceptors (Lipinski definition) is 2. The van der Waals surface area contributed by atoms with Gasteiger partial charge in [-0.3, -0.25) is 9.59 Å². The fourth-order valence-electron chi connectivity index (χ4n) is 2.43. The van der Waals surface area contributed by atoms with Gasteiger partial charge < -0.3 is 9.80 Å². The molecule has 4 nitrogen and oxygen atoms in total. The molecule has 0 radical (unpaired) electrons. The smallest absolute Gasteiger partial charge is 0.241 e. The van der Waals surface area contributed by atoms with Gasteiger partial charge in [0.2, 0.25) is 11.8 Å². The molecule has 0 unspecified atom stereocenters. The van der Waals surface area contributed by atoms with E-state index in [-0.39, 0.29) is 24.3 Å². The lowest BCUT2D eigenvalue weighted by atomic mass is 10.1. The summed E-state index contributed by atoms with van der Waals surface area (Å²) in [7, 11) is 3.42. The summed E-state index contributed by atoms with van der Waals surface area (Å²) in [5.41, 5.74) is 1.20. The molecule has 0 aromatic heterocycles. The molecule has 1 aromatic rings. The van der Waals surface area contributed by atoms with Crippen molar-refractivity contribution >= 4 is 27.7 Å². The maximum absolute atomic E-state index is 12.5. The van der Waals surface area contributed by atoms with Crippen molar-refractivity contribution in [1.82, 2.24) is 9.80 Å². The van der Waals surface area contributed by atoms with Gasteiger partial charge in [0.25, 0.3) is 0 Å². The number of amides is 2. The van der Waals surface area contributed by atoms with Crippen LogP contribution in [-0.2, 0) is 9.59 Å². The van der Waals surface area contributed by atoms with E-state index >= 15 is 0 Å². The first-order valence-electron chi connectivity index (χ1n) is 7.18. The Bertz CT molecular complexity index is 528. The van der Waals surface area contributed by atoms with Gasteiger partial charge >= 0.3 is 0 Å². The van der Waals surface area contributed by atoms with Crippen LogP contribution in [0.25, 0.3) is 0 Å². The quantitative estimate of drug-likeness (QED) is 0.816. The van der Waals surface area contributed by atoms with Crippen molar-refractivity contribution in [2.45, 2.75) is 19.3 Å². The Morgan fingerprint density at radius 2 is 1.86 bits per heavy atom. The SMILES string of the molecule is CCN(CC(=O)N(C)C)C(=O)[C@@H]1C[C@@H]1c1ccc(Br)cc1. The number of carbonyl (C=O) groups excluding carboxylic acids is 2. The third-order valence-corrected chi connectivity index (χ3v) is 4.45. The van der Waals surface area contributed by atoms with Gasteiger partial charge in [-0.1, -0.05) is 28.1 Å². The number of nitrogens with zero attached hydrogens (tertiary/aromatic N) is 2. The molecule has 2 amide bonds. The van der Waals surface area contributed by atoms with Gasteiger partial charge in [-0.05, 0) is 37.0 Å². The van der Waals surface area contributed by atoms with E-state index in [1.807, 2.05) is 19.1 Å². The van der Waals surface area contributed by atoms with Crippen LogP contribution in [0.15, 0.2) is 28.7 Å². The second-order valence-electron chi connectivity index (χ2n) is 5.64. The van der Waals surface area contributed by atoms with Crippen molar-refractivity contribution in [3.63, 3.8) is 0 Å². The van der Waals surface area contributed by atoms with E-state index in [1.54, 1.807) is 19.0 Å². The molecule has 1 aliphatic rings. The van der Waals surface area contributed by atoms with Gasteiger partial charge in [-0.25, -0.2) is 0 Å². The first kappa shape index (κ1) is 16.0. The Kier molecular flexibility index (Phi) is 5.04. The topological polar surface area (TPSA) is 40.6 Å². The number of carbonyl (C=O) groups is 2. The Labute approximate surface area is 134 Å². The van der Waals surface area contributed by atoms with E-state index in [4.69, 9.17) is 0 Å². The van der Waals surface area contributed by atoms with Gasteiger partial charge in [0, 0.05) is 31.0 Å². The van der Waals surface area contributed by atoms with Crippen LogP contribution in [0.3, 0.4) is 0 Å². The minimum absolute atomic E-state index is 0.0288. The van der Waals surface area contributed by atoms with E-state index in [9.17, 15) is 9.59 Å². The molecule has 2 rings (SSSR count). The van der Waals surface area contributed by atoms with Crippen molar-refractivity contribution in [2.75, 3.05) is 27.2 Å². The molecule has 0 bridgehead atoms. The number of likely N-dealkylation sites (N-methyl/N-ethyl adjacent to an activating group) is 2. The summed E-state index contributed by atoms with van der Waals surface area (Å²) in [6.45, 7) is 2.66. The summed E-state index contributed by atoms with van der Waals surface area (Å²) in [5, 5.41) is 0. The predicted molar refractivity (Wildman–Crippen MR) is 85.9 cm³/mol. The first-order valence-corrected chi connectivity index (χ1v) is 7.97. The molecule has 0 saturated heterocycles. The van der Waals surface area contributed by atoms with Crippen molar-refractivity contribution in [3.05, 3.63) is 34.3 Å². The zero-order valence-electron chi connectivity index (χ0n) is 12.7. The third-order valence-electron chi connectivity index (χ3n) is 3.92. The molecule has 1 aliphatic carbocycles. The third kappa shape index (κ3) is 3.84. The van der Waals surface area contributed by atoms with Crippen molar-refractivity contribution in [1.29, 1.82) is 0 Å². The summed E-state index contributed by atoms with van der Waals surface area (Å²) in [4.78, 5) is 27.4. The Hall–Kier alpha value is -1.36. The molecular formula is C16H21BrN2O2. The highest BCUT2D eigenvalue weighted by molar-refractivity contribution is 9.10. The second kappa shape index (κ2) is 6.60. The monoisotopic (exact) mass is 352 g/mol. The van der Waals surface area contributed by atoms with E-state index in [0.717, 1.165) is 10.9 Å². The molecule has 0 N–H and O–H groups in total. The maximum atomic E-state index is 12.5. The lowest BCUT2D eigenvalue weighted by Gasteiger charge is -2.22. The molecule has 1 fully saturated rings. The fourth-order valence-corrected chi connectivity index (χ4v) is 2.70. The van der Waals surface area contributed by atoms with Crippen molar-refractivity contribution < 1.29 is 9.59 Å². The number of rotatable bonds is 5. The van der Waals surface area contributed by atoms with Crippen LogP contribution in [0, 0.1) is 5.92 Å². The van der Waals surface area contributed by atoms with Gasteiger partial charge in [-0.15, -0.1) is 0 Å². The molecule has 1 saturated carbocycles. The summed E-state index contributed by atoms with van der Waals surface area (Å²) in [5.74, 6) is 0.391. The summed E-state index contributed by atoms with van der Waals surface area (Å²) >= 11 is 3.42. The molecule has 21 heavy (non-hydrogen) atoms. The fraction of sp³-hybridized carbons (Fsp3) is 0.500. The normalized spacial score (nSPS) is 20.0. The molecular weight excluding hydrogens is 332 g/mol. The first-order chi connectivity index (χ1) is 9.93. The van der Waals surface area contributed by atoms with Crippen LogP contribution in [-0.4, -0.2) is 48.8 Å². The Balaban J connectivity index is 1.97. The average molecular weight is 353 g/mol. The zero-order chi connectivity index (χ0) is 15.6. The van der Waals surface area contributed by atoms with Gasteiger partial charge in [-0.2, -0.15) is 0 Å². The minimum atomic E-state index is -0.0361.